The summed E-state index contributed by atoms with van der Waals surface area (Å²) in [6, 6.07) is 6.01. The van der Waals surface area contributed by atoms with Crippen molar-refractivity contribution >= 4 is 5.91 Å². The molecule has 0 aromatic carbocycles. The van der Waals surface area contributed by atoms with Crippen molar-refractivity contribution in [1.29, 1.82) is 0 Å². The summed E-state index contributed by atoms with van der Waals surface area (Å²) < 4.78 is 5.73. The molecule has 1 saturated carbocycles. The zero-order chi connectivity index (χ0) is 14.7. The van der Waals surface area contributed by atoms with E-state index in [0.29, 0.717) is 18.6 Å². The van der Waals surface area contributed by atoms with Crippen LogP contribution >= 0.6 is 0 Å². The molecular formula is C15H18N4O2. The molecule has 2 aromatic heterocycles. The number of aromatic amines is 1. The van der Waals surface area contributed by atoms with Gasteiger partial charge in [0.25, 0.3) is 0 Å². The van der Waals surface area contributed by atoms with E-state index in [9.17, 15) is 4.79 Å². The molecule has 1 amide bonds. The molecule has 1 aliphatic carbocycles. The number of ether oxygens (including phenoxy) is 1. The molecule has 110 valence electrons. The zero-order valence-corrected chi connectivity index (χ0v) is 11.9. The molecule has 3 rings (SSSR count). The highest BCUT2D eigenvalue weighted by Crippen LogP contribution is 2.28. The van der Waals surface area contributed by atoms with Gasteiger partial charge in [-0.05, 0) is 37.0 Å². The van der Waals surface area contributed by atoms with Crippen LogP contribution in [-0.4, -0.2) is 33.7 Å². The number of rotatable bonds is 5. The van der Waals surface area contributed by atoms with Crippen molar-refractivity contribution in [3.05, 3.63) is 30.6 Å². The van der Waals surface area contributed by atoms with E-state index >= 15 is 0 Å². The van der Waals surface area contributed by atoms with Gasteiger partial charge in [-0.3, -0.25) is 14.9 Å². The molecule has 0 radical (unpaired) electrons. The molecule has 0 bridgehead atoms. The maximum atomic E-state index is 10.9. The maximum Gasteiger partial charge on any atom is 0.217 e. The van der Waals surface area contributed by atoms with E-state index in [-0.39, 0.29) is 5.91 Å². The van der Waals surface area contributed by atoms with Crippen LogP contribution in [0.2, 0.25) is 0 Å². The molecule has 0 spiro atoms. The summed E-state index contributed by atoms with van der Waals surface area (Å²) in [5, 5.41) is 9.69. The van der Waals surface area contributed by atoms with Crippen molar-refractivity contribution in [2.45, 2.75) is 25.8 Å². The number of carbonyl (C=O) groups excluding carboxylic acids is 1. The fourth-order valence-electron chi connectivity index (χ4n) is 2.51. The van der Waals surface area contributed by atoms with Gasteiger partial charge in [0.05, 0.1) is 24.2 Å². The van der Waals surface area contributed by atoms with Gasteiger partial charge in [-0.1, -0.05) is 0 Å². The normalized spacial score (nSPS) is 20.6. The predicted octanol–water partition coefficient (Wildman–Crippen LogP) is 1.77. The van der Waals surface area contributed by atoms with E-state index in [2.05, 4.69) is 20.5 Å². The standard InChI is InChI=1S/C15H18N4O2/c1-10(20)18-12-6-11(7-12)9-21-13-2-3-14(16-8-13)15-4-5-17-19-15/h2-5,8,11-12H,6-7,9H2,1H3,(H,17,19)(H,18,20)/t11-,12+. The van der Waals surface area contributed by atoms with Gasteiger partial charge in [0, 0.05) is 19.2 Å². The van der Waals surface area contributed by atoms with Gasteiger partial charge in [0.1, 0.15) is 5.75 Å². The third kappa shape index (κ3) is 3.39. The van der Waals surface area contributed by atoms with Crippen LogP contribution in [0.3, 0.4) is 0 Å². The number of nitrogens with one attached hydrogen (secondary N) is 2. The van der Waals surface area contributed by atoms with Crippen molar-refractivity contribution in [2.24, 2.45) is 5.92 Å². The predicted molar refractivity (Wildman–Crippen MR) is 77.6 cm³/mol. The Balaban J connectivity index is 1.45. The lowest BCUT2D eigenvalue weighted by atomic mass is 9.81. The van der Waals surface area contributed by atoms with Gasteiger partial charge in [0.2, 0.25) is 5.91 Å². The van der Waals surface area contributed by atoms with Crippen LogP contribution in [0.15, 0.2) is 30.6 Å². The number of hydrogen-bond donors (Lipinski definition) is 2. The molecule has 0 saturated heterocycles. The molecule has 6 heteroatoms. The smallest absolute Gasteiger partial charge is 0.217 e. The Bertz CT molecular complexity index is 589. The lowest BCUT2D eigenvalue weighted by Gasteiger charge is -2.35. The molecule has 2 aromatic rings. The Kier molecular flexibility index (Phi) is 3.85. The first kappa shape index (κ1) is 13.6. The summed E-state index contributed by atoms with van der Waals surface area (Å²) in [5.41, 5.74) is 1.73. The van der Waals surface area contributed by atoms with E-state index < -0.39 is 0 Å². The van der Waals surface area contributed by atoms with Crippen LogP contribution in [0.25, 0.3) is 11.4 Å². The minimum Gasteiger partial charge on any atom is -0.492 e. The van der Waals surface area contributed by atoms with Gasteiger partial charge in [0.15, 0.2) is 0 Å². The second kappa shape index (κ2) is 5.95. The highest BCUT2D eigenvalue weighted by molar-refractivity contribution is 5.73. The zero-order valence-electron chi connectivity index (χ0n) is 11.9. The van der Waals surface area contributed by atoms with Gasteiger partial charge in [-0.15, -0.1) is 0 Å². The maximum absolute atomic E-state index is 10.9. The lowest BCUT2D eigenvalue weighted by molar-refractivity contribution is -0.120. The molecule has 1 aliphatic rings. The highest BCUT2D eigenvalue weighted by Gasteiger charge is 2.29. The first-order valence-electron chi connectivity index (χ1n) is 7.06. The molecule has 0 atom stereocenters. The summed E-state index contributed by atoms with van der Waals surface area (Å²) in [6.07, 6.45) is 5.39. The third-order valence-corrected chi connectivity index (χ3v) is 3.64. The van der Waals surface area contributed by atoms with Crippen LogP contribution in [0.1, 0.15) is 19.8 Å². The van der Waals surface area contributed by atoms with Crippen LogP contribution < -0.4 is 10.1 Å². The Morgan fingerprint density at radius 2 is 2.29 bits per heavy atom. The van der Waals surface area contributed by atoms with Gasteiger partial charge >= 0.3 is 0 Å². The number of amides is 1. The van der Waals surface area contributed by atoms with Crippen molar-refractivity contribution < 1.29 is 9.53 Å². The van der Waals surface area contributed by atoms with Gasteiger partial charge < -0.3 is 10.1 Å². The molecule has 2 N–H and O–H groups in total. The minimum absolute atomic E-state index is 0.0398. The number of nitrogens with zero attached hydrogens (tertiary/aromatic N) is 2. The molecule has 0 unspecified atom stereocenters. The summed E-state index contributed by atoms with van der Waals surface area (Å²) >= 11 is 0. The molecular weight excluding hydrogens is 268 g/mol. The minimum atomic E-state index is 0.0398. The quantitative estimate of drug-likeness (QED) is 0.877. The van der Waals surface area contributed by atoms with Crippen LogP contribution in [0, 0.1) is 5.92 Å². The topological polar surface area (TPSA) is 79.9 Å². The fourth-order valence-corrected chi connectivity index (χ4v) is 2.51. The Hall–Kier alpha value is -2.37. The SMILES string of the molecule is CC(=O)N[C@H]1C[C@@H](COc2ccc(-c3ccn[nH]3)nc2)C1. The number of pyridine rings is 1. The molecule has 1 fully saturated rings. The number of H-pyrrole nitrogens is 1. The fraction of sp³-hybridized carbons (Fsp3) is 0.400. The Morgan fingerprint density at radius 1 is 1.43 bits per heavy atom. The van der Waals surface area contributed by atoms with E-state index in [4.69, 9.17) is 4.74 Å². The molecule has 21 heavy (non-hydrogen) atoms. The third-order valence-electron chi connectivity index (χ3n) is 3.64. The summed E-state index contributed by atoms with van der Waals surface area (Å²) in [7, 11) is 0. The summed E-state index contributed by atoms with van der Waals surface area (Å²) in [5.74, 6) is 1.31. The molecule has 0 aliphatic heterocycles. The van der Waals surface area contributed by atoms with Gasteiger partial charge in [-0.25, -0.2) is 0 Å². The average Bonchev–Trinajstić information content (AvgIpc) is 2.95. The second-order valence-corrected chi connectivity index (χ2v) is 5.40. The average molecular weight is 286 g/mol. The Labute approximate surface area is 122 Å². The molecule has 6 nitrogen and oxygen atoms in total. The second-order valence-electron chi connectivity index (χ2n) is 5.40. The van der Waals surface area contributed by atoms with E-state index in [1.54, 1.807) is 19.3 Å². The summed E-state index contributed by atoms with van der Waals surface area (Å²) in [4.78, 5) is 15.2. The highest BCUT2D eigenvalue weighted by atomic mass is 16.5. The van der Waals surface area contributed by atoms with Crippen LogP contribution in [-0.2, 0) is 4.79 Å². The van der Waals surface area contributed by atoms with Gasteiger partial charge in [-0.2, -0.15) is 5.10 Å². The largest absolute Gasteiger partial charge is 0.492 e. The monoisotopic (exact) mass is 286 g/mol. The van der Waals surface area contributed by atoms with E-state index in [1.807, 2.05) is 18.2 Å². The van der Waals surface area contributed by atoms with Crippen LogP contribution in [0.5, 0.6) is 5.75 Å². The van der Waals surface area contributed by atoms with E-state index in [1.165, 1.54) is 0 Å². The Morgan fingerprint density at radius 3 is 2.90 bits per heavy atom. The van der Waals surface area contributed by atoms with Crippen LogP contribution in [0.4, 0.5) is 0 Å². The van der Waals surface area contributed by atoms with E-state index in [0.717, 1.165) is 30.0 Å². The first-order valence-corrected chi connectivity index (χ1v) is 7.06. The lowest BCUT2D eigenvalue weighted by Crippen LogP contribution is -2.45. The van der Waals surface area contributed by atoms with Crippen molar-refractivity contribution in [1.82, 2.24) is 20.5 Å². The molecule has 2 heterocycles. The van der Waals surface area contributed by atoms with Crippen molar-refractivity contribution in [3.8, 4) is 17.1 Å². The summed E-state index contributed by atoms with van der Waals surface area (Å²) in [6.45, 7) is 2.22. The van der Waals surface area contributed by atoms with Crippen molar-refractivity contribution in [2.75, 3.05) is 6.61 Å². The number of hydrogen-bond acceptors (Lipinski definition) is 4. The number of carbonyl (C=O) groups is 1. The first-order chi connectivity index (χ1) is 10.2. The van der Waals surface area contributed by atoms with Crippen molar-refractivity contribution in [3.63, 3.8) is 0 Å². The number of aromatic nitrogens is 3.